The molecule has 8 heteroatoms. The van der Waals surface area contributed by atoms with Crippen molar-refractivity contribution < 1.29 is 4.79 Å². The summed E-state index contributed by atoms with van der Waals surface area (Å²) < 4.78 is 3.23. The number of rotatable bonds is 6. The number of aromatic amines is 1. The normalized spacial score (nSPS) is 10.8. The predicted octanol–water partition coefficient (Wildman–Crippen LogP) is -0.0667. The van der Waals surface area contributed by atoms with E-state index in [1.165, 1.54) is 16.8 Å². The molecule has 0 bridgehead atoms. The van der Waals surface area contributed by atoms with Gasteiger partial charge in [-0.25, -0.2) is 9.78 Å². The Hall–Kier alpha value is -3.16. The molecule has 3 aromatic rings. The minimum Gasteiger partial charge on any atom is -0.356 e. The van der Waals surface area contributed by atoms with Gasteiger partial charge in [0.25, 0.3) is 5.56 Å². The Morgan fingerprint density at radius 2 is 2.08 bits per heavy atom. The van der Waals surface area contributed by atoms with E-state index in [4.69, 9.17) is 0 Å². The molecule has 2 N–H and O–H groups in total. The molecule has 0 fully saturated rings. The average Bonchev–Trinajstić information content (AvgIpc) is 2.96. The molecule has 0 atom stereocenters. The van der Waals surface area contributed by atoms with E-state index < -0.39 is 11.2 Å². The number of H-pyrrole nitrogens is 1. The molecule has 24 heavy (non-hydrogen) atoms. The van der Waals surface area contributed by atoms with Crippen molar-refractivity contribution in [3.05, 3.63) is 69.4 Å². The second-order valence-corrected chi connectivity index (χ2v) is 5.35. The molecule has 0 aromatic carbocycles. The Balaban J connectivity index is 1.47. The Kier molecular flexibility index (Phi) is 4.55. The van der Waals surface area contributed by atoms with E-state index in [0.29, 0.717) is 13.0 Å². The Labute approximate surface area is 136 Å². The van der Waals surface area contributed by atoms with Crippen molar-refractivity contribution in [1.82, 2.24) is 24.3 Å². The molecular formula is C16H17N5O3. The highest BCUT2D eigenvalue weighted by molar-refractivity contribution is 5.75. The molecule has 1 amide bonds. The van der Waals surface area contributed by atoms with Crippen LogP contribution in [0.5, 0.6) is 0 Å². The molecule has 0 aliphatic rings. The number of pyridine rings is 1. The third kappa shape index (κ3) is 3.78. The van der Waals surface area contributed by atoms with Gasteiger partial charge in [-0.2, -0.15) is 0 Å². The number of hydrogen-bond donors (Lipinski definition) is 2. The zero-order chi connectivity index (χ0) is 16.9. The fourth-order valence-electron chi connectivity index (χ4n) is 2.37. The van der Waals surface area contributed by atoms with Gasteiger partial charge in [-0.15, -0.1) is 0 Å². The van der Waals surface area contributed by atoms with Gasteiger partial charge in [0.15, 0.2) is 0 Å². The van der Waals surface area contributed by atoms with Crippen molar-refractivity contribution in [2.45, 2.75) is 19.4 Å². The number of carbonyl (C=O) groups is 1. The summed E-state index contributed by atoms with van der Waals surface area (Å²) in [6.07, 6.45) is 6.03. The molecular weight excluding hydrogens is 310 g/mol. The molecule has 0 spiro atoms. The second kappa shape index (κ2) is 6.95. The number of fused-ring (bicyclic) bond motifs is 1. The number of imidazole rings is 1. The summed E-state index contributed by atoms with van der Waals surface area (Å²) in [4.78, 5) is 40.9. The van der Waals surface area contributed by atoms with E-state index in [1.807, 2.05) is 35.0 Å². The van der Waals surface area contributed by atoms with Crippen LogP contribution >= 0.6 is 0 Å². The maximum absolute atomic E-state index is 11.8. The van der Waals surface area contributed by atoms with Gasteiger partial charge in [0.2, 0.25) is 5.91 Å². The van der Waals surface area contributed by atoms with Crippen LogP contribution in [0, 0.1) is 0 Å². The molecule has 0 aliphatic carbocycles. The molecule has 3 rings (SSSR count). The molecule has 0 unspecified atom stereocenters. The predicted molar refractivity (Wildman–Crippen MR) is 87.8 cm³/mol. The van der Waals surface area contributed by atoms with E-state index in [9.17, 15) is 14.4 Å². The van der Waals surface area contributed by atoms with Gasteiger partial charge < -0.3 is 14.3 Å². The number of aryl methyl sites for hydroxylation is 1. The Bertz CT molecular complexity index is 936. The van der Waals surface area contributed by atoms with Gasteiger partial charge in [0, 0.05) is 50.6 Å². The minimum atomic E-state index is -0.514. The van der Waals surface area contributed by atoms with Crippen LogP contribution in [0.1, 0.15) is 12.1 Å². The van der Waals surface area contributed by atoms with Crippen LogP contribution in [-0.2, 0) is 17.8 Å². The number of carbonyl (C=O) groups excluding carboxylic acids is 1. The largest absolute Gasteiger partial charge is 0.356 e. The van der Waals surface area contributed by atoms with Crippen molar-refractivity contribution in [3.8, 4) is 0 Å². The first-order chi connectivity index (χ1) is 11.6. The van der Waals surface area contributed by atoms with Crippen LogP contribution in [0.2, 0.25) is 0 Å². The second-order valence-electron chi connectivity index (χ2n) is 5.35. The number of amides is 1. The molecule has 0 radical (unpaired) electrons. The first-order valence-electron chi connectivity index (χ1n) is 7.61. The summed E-state index contributed by atoms with van der Waals surface area (Å²) in [5.74, 6) is -0.156. The number of nitrogens with one attached hydrogen (secondary N) is 2. The minimum absolute atomic E-state index is 0.156. The lowest BCUT2D eigenvalue weighted by Gasteiger charge is -2.05. The third-order valence-corrected chi connectivity index (χ3v) is 3.59. The lowest BCUT2D eigenvalue weighted by Crippen LogP contribution is -2.31. The smallest absolute Gasteiger partial charge is 0.328 e. The number of aromatic nitrogens is 4. The third-order valence-electron chi connectivity index (χ3n) is 3.59. The SMILES string of the molecule is O=C(CCn1ccc(=O)[nH]c1=O)NCCc1cn2ccccc2n1. The molecule has 0 saturated carbocycles. The highest BCUT2D eigenvalue weighted by Crippen LogP contribution is 2.04. The summed E-state index contributed by atoms with van der Waals surface area (Å²) in [6.45, 7) is 0.694. The van der Waals surface area contributed by atoms with Crippen LogP contribution in [0.15, 0.2) is 52.4 Å². The molecule has 3 aromatic heterocycles. The summed E-state index contributed by atoms with van der Waals surface area (Å²) in [5.41, 5.74) is 0.808. The van der Waals surface area contributed by atoms with Crippen molar-refractivity contribution in [2.75, 3.05) is 6.54 Å². The van der Waals surface area contributed by atoms with E-state index in [0.717, 1.165) is 11.3 Å². The zero-order valence-electron chi connectivity index (χ0n) is 12.9. The van der Waals surface area contributed by atoms with Crippen LogP contribution in [0.25, 0.3) is 5.65 Å². The van der Waals surface area contributed by atoms with Gasteiger partial charge >= 0.3 is 5.69 Å². The number of nitrogens with zero attached hydrogens (tertiary/aromatic N) is 3. The van der Waals surface area contributed by atoms with Crippen LogP contribution in [-0.4, -0.2) is 31.4 Å². The molecule has 0 saturated heterocycles. The lowest BCUT2D eigenvalue weighted by molar-refractivity contribution is -0.121. The van der Waals surface area contributed by atoms with Gasteiger partial charge in [0.1, 0.15) is 5.65 Å². The average molecular weight is 327 g/mol. The van der Waals surface area contributed by atoms with Crippen LogP contribution < -0.4 is 16.6 Å². The van der Waals surface area contributed by atoms with E-state index in [2.05, 4.69) is 15.3 Å². The maximum atomic E-state index is 11.8. The Morgan fingerprint density at radius 3 is 2.88 bits per heavy atom. The summed E-state index contributed by atoms with van der Waals surface area (Å²) >= 11 is 0. The molecule has 124 valence electrons. The van der Waals surface area contributed by atoms with Crippen molar-refractivity contribution in [2.24, 2.45) is 0 Å². The van der Waals surface area contributed by atoms with Crippen LogP contribution in [0.3, 0.4) is 0 Å². The standard InChI is InChI=1S/C16H17N5O3/c22-14(5-9-20-10-6-15(23)19-16(20)24)17-7-4-12-11-21-8-2-1-3-13(21)18-12/h1-3,6,8,10-11H,4-5,7,9H2,(H,17,22)(H,19,23,24). The lowest BCUT2D eigenvalue weighted by atomic mass is 10.3. The first kappa shape index (κ1) is 15.7. The molecule has 0 aliphatic heterocycles. The highest BCUT2D eigenvalue weighted by atomic mass is 16.2. The van der Waals surface area contributed by atoms with E-state index in [1.54, 1.807) is 0 Å². The van der Waals surface area contributed by atoms with Gasteiger partial charge in [-0.3, -0.25) is 14.6 Å². The molecule has 3 heterocycles. The summed E-state index contributed by atoms with van der Waals surface area (Å²) in [7, 11) is 0. The van der Waals surface area contributed by atoms with Crippen molar-refractivity contribution >= 4 is 11.6 Å². The van der Waals surface area contributed by atoms with Crippen LogP contribution in [0.4, 0.5) is 0 Å². The maximum Gasteiger partial charge on any atom is 0.328 e. The fourth-order valence-corrected chi connectivity index (χ4v) is 2.37. The van der Waals surface area contributed by atoms with E-state index in [-0.39, 0.29) is 18.9 Å². The zero-order valence-corrected chi connectivity index (χ0v) is 12.9. The fraction of sp³-hybridized carbons (Fsp3) is 0.250. The van der Waals surface area contributed by atoms with Gasteiger partial charge in [-0.1, -0.05) is 6.07 Å². The molecule has 8 nitrogen and oxygen atoms in total. The quantitative estimate of drug-likeness (QED) is 0.662. The van der Waals surface area contributed by atoms with Gasteiger partial charge in [0.05, 0.1) is 5.69 Å². The summed E-state index contributed by atoms with van der Waals surface area (Å²) in [6, 6.07) is 7.03. The monoisotopic (exact) mass is 327 g/mol. The Morgan fingerprint density at radius 1 is 1.21 bits per heavy atom. The number of hydrogen-bond acceptors (Lipinski definition) is 4. The summed E-state index contributed by atoms with van der Waals surface area (Å²) in [5, 5.41) is 2.80. The van der Waals surface area contributed by atoms with E-state index >= 15 is 0 Å². The first-order valence-corrected chi connectivity index (χ1v) is 7.61. The van der Waals surface area contributed by atoms with Gasteiger partial charge in [-0.05, 0) is 12.1 Å². The topological polar surface area (TPSA) is 101 Å². The van der Waals surface area contributed by atoms with Crippen molar-refractivity contribution in [1.29, 1.82) is 0 Å². The highest BCUT2D eigenvalue weighted by Gasteiger charge is 2.05. The van der Waals surface area contributed by atoms with Crippen molar-refractivity contribution in [3.63, 3.8) is 0 Å².